The molecule has 0 radical (unpaired) electrons. The van der Waals surface area contributed by atoms with Crippen LogP contribution in [0.15, 0.2) is 77.7 Å². The lowest BCUT2D eigenvalue weighted by Crippen LogP contribution is -2.46. The van der Waals surface area contributed by atoms with E-state index < -0.39 is 10.0 Å². The summed E-state index contributed by atoms with van der Waals surface area (Å²) in [4.78, 5) is 28.9. The minimum Gasteiger partial charge on any atom is -0.352 e. The minimum atomic E-state index is -3.85. The molecule has 5 rings (SSSR count). The monoisotopic (exact) mass is 531 g/mol. The fourth-order valence-electron chi connectivity index (χ4n) is 5.78. The molecule has 2 amide bonds. The van der Waals surface area contributed by atoms with Gasteiger partial charge in [0.05, 0.1) is 10.8 Å². The van der Waals surface area contributed by atoms with E-state index >= 15 is 0 Å². The first kappa shape index (κ1) is 26.1. The van der Waals surface area contributed by atoms with E-state index in [9.17, 15) is 18.0 Å². The molecule has 0 spiro atoms. The Balaban J connectivity index is 1.26. The molecule has 0 saturated heterocycles. The molecule has 3 N–H and O–H groups in total. The van der Waals surface area contributed by atoms with Crippen LogP contribution in [0.2, 0.25) is 0 Å². The molecule has 3 aromatic rings. The summed E-state index contributed by atoms with van der Waals surface area (Å²) >= 11 is 0. The molecule has 8 heteroatoms. The number of rotatable bonds is 6. The number of nitrogens with one attached hydrogen (secondary N) is 1. The standard InChI is InChI=1S/C30H33N3O4S/c31-38(36,37)28-14-6-4-10-24(28)22-17-15-21(16-18-22)20-32-29(34)25-11-2-3-12-26(25)30(35)33-19-7-9-23-8-1-5-13-27(23)33/h1,4-6,8,10,13-18,25-26H,2-3,7,9,11-12,19-20H2,(H,32,34)(H2,31,36,37)/t25-,26-/m1/s1. The Morgan fingerprint density at radius 2 is 1.55 bits per heavy atom. The number of amides is 2. The van der Waals surface area contributed by atoms with Crippen molar-refractivity contribution < 1.29 is 18.0 Å². The number of benzene rings is 3. The van der Waals surface area contributed by atoms with Crippen molar-refractivity contribution in [3.63, 3.8) is 0 Å². The number of nitrogens with zero attached hydrogens (tertiary/aromatic N) is 1. The third-order valence-corrected chi connectivity index (χ3v) is 8.69. The number of para-hydroxylation sites is 1. The lowest BCUT2D eigenvalue weighted by Gasteiger charge is -2.36. The van der Waals surface area contributed by atoms with E-state index in [-0.39, 0.29) is 28.5 Å². The number of hydrogen-bond donors (Lipinski definition) is 2. The summed E-state index contributed by atoms with van der Waals surface area (Å²) < 4.78 is 23.9. The summed E-state index contributed by atoms with van der Waals surface area (Å²) in [6.07, 6.45) is 5.24. The van der Waals surface area contributed by atoms with Gasteiger partial charge in [0, 0.05) is 30.3 Å². The first-order valence-electron chi connectivity index (χ1n) is 13.2. The normalized spacial score (nSPS) is 19.4. The van der Waals surface area contributed by atoms with Gasteiger partial charge in [-0.05, 0) is 54.5 Å². The number of aryl methyl sites for hydroxylation is 1. The summed E-state index contributed by atoms with van der Waals surface area (Å²) in [6, 6.07) is 22.1. The van der Waals surface area contributed by atoms with E-state index in [0.717, 1.165) is 48.9 Å². The topological polar surface area (TPSA) is 110 Å². The Hall–Kier alpha value is -3.49. The molecule has 38 heavy (non-hydrogen) atoms. The van der Waals surface area contributed by atoms with Crippen molar-refractivity contribution in [2.45, 2.75) is 50.0 Å². The molecule has 0 unspecified atom stereocenters. The van der Waals surface area contributed by atoms with E-state index in [1.54, 1.807) is 18.2 Å². The highest BCUT2D eigenvalue weighted by molar-refractivity contribution is 7.89. The van der Waals surface area contributed by atoms with Gasteiger partial charge in [-0.15, -0.1) is 0 Å². The van der Waals surface area contributed by atoms with Crippen LogP contribution < -0.4 is 15.4 Å². The number of carbonyl (C=O) groups excluding carboxylic acids is 2. The molecule has 1 fully saturated rings. The van der Waals surface area contributed by atoms with Gasteiger partial charge in [0.2, 0.25) is 21.8 Å². The quantitative estimate of drug-likeness (QED) is 0.491. The molecule has 198 valence electrons. The highest BCUT2D eigenvalue weighted by Gasteiger charge is 2.39. The van der Waals surface area contributed by atoms with Gasteiger partial charge in [-0.2, -0.15) is 0 Å². The summed E-state index contributed by atoms with van der Waals surface area (Å²) in [5.74, 6) is -0.676. The van der Waals surface area contributed by atoms with Crippen molar-refractivity contribution in [1.82, 2.24) is 5.32 Å². The van der Waals surface area contributed by atoms with Gasteiger partial charge in [0.15, 0.2) is 0 Å². The molecule has 1 saturated carbocycles. The molecule has 7 nitrogen and oxygen atoms in total. The smallest absolute Gasteiger partial charge is 0.238 e. The molecule has 1 heterocycles. The molecule has 3 aromatic carbocycles. The second-order valence-electron chi connectivity index (χ2n) is 10.2. The fraction of sp³-hybridized carbons (Fsp3) is 0.333. The third kappa shape index (κ3) is 5.51. The molecular weight excluding hydrogens is 498 g/mol. The van der Waals surface area contributed by atoms with E-state index in [4.69, 9.17) is 5.14 Å². The molecule has 0 aromatic heterocycles. The second kappa shape index (κ2) is 11.1. The Morgan fingerprint density at radius 1 is 0.868 bits per heavy atom. The molecule has 1 aliphatic carbocycles. The van der Waals surface area contributed by atoms with Crippen LogP contribution in [0.25, 0.3) is 11.1 Å². The van der Waals surface area contributed by atoms with Crippen LogP contribution in [0.4, 0.5) is 5.69 Å². The first-order valence-corrected chi connectivity index (χ1v) is 14.8. The average Bonchev–Trinajstić information content (AvgIpc) is 2.95. The SMILES string of the molecule is NS(=O)(=O)c1ccccc1-c1ccc(CNC(=O)[C@@H]2CCCC[C@H]2C(=O)N2CCCc3ccccc32)cc1. The van der Waals surface area contributed by atoms with Gasteiger partial charge in [-0.25, -0.2) is 13.6 Å². The van der Waals surface area contributed by atoms with Crippen molar-refractivity contribution in [3.05, 3.63) is 83.9 Å². The van der Waals surface area contributed by atoms with Crippen molar-refractivity contribution in [3.8, 4) is 11.1 Å². The number of primary sulfonamides is 1. The summed E-state index contributed by atoms with van der Waals surface area (Å²) in [5, 5.41) is 8.42. The maximum atomic E-state index is 13.7. The maximum Gasteiger partial charge on any atom is 0.238 e. The van der Waals surface area contributed by atoms with E-state index in [2.05, 4.69) is 11.4 Å². The second-order valence-corrected chi connectivity index (χ2v) is 11.7. The zero-order valence-corrected chi connectivity index (χ0v) is 22.1. The fourth-order valence-corrected chi connectivity index (χ4v) is 6.54. The molecular formula is C30H33N3O4S. The van der Waals surface area contributed by atoms with Crippen molar-refractivity contribution >= 4 is 27.5 Å². The van der Waals surface area contributed by atoms with E-state index in [1.165, 1.54) is 11.6 Å². The number of hydrogen-bond acceptors (Lipinski definition) is 4. The van der Waals surface area contributed by atoms with Crippen LogP contribution in [-0.2, 0) is 32.6 Å². The number of carbonyl (C=O) groups is 2. The van der Waals surface area contributed by atoms with Gasteiger partial charge in [-0.3, -0.25) is 9.59 Å². The van der Waals surface area contributed by atoms with Gasteiger partial charge < -0.3 is 10.2 Å². The first-order chi connectivity index (χ1) is 18.3. The molecule has 2 atom stereocenters. The number of nitrogens with two attached hydrogens (primary N) is 1. The predicted octanol–water partition coefficient (Wildman–Crippen LogP) is 4.40. The van der Waals surface area contributed by atoms with Crippen LogP contribution in [0.1, 0.15) is 43.2 Å². The minimum absolute atomic E-state index is 0.0647. The maximum absolute atomic E-state index is 13.7. The van der Waals surface area contributed by atoms with Crippen molar-refractivity contribution in [2.75, 3.05) is 11.4 Å². The Labute approximate surface area is 224 Å². The predicted molar refractivity (Wildman–Crippen MR) is 148 cm³/mol. The Bertz CT molecular complexity index is 1440. The van der Waals surface area contributed by atoms with Crippen LogP contribution >= 0.6 is 0 Å². The lowest BCUT2D eigenvalue weighted by atomic mass is 9.77. The highest BCUT2D eigenvalue weighted by Crippen LogP contribution is 2.35. The number of fused-ring (bicyclic) bond motifs is 1. The summed E-state index contributed by atoms with van der Waals surface area (Å²) in [5.41, 5.74) is 4.33. The van der Waals surface area contributed by atoms with Crippen LogP contribution in [-0.4, -0.2) is 26.8 Å². The van der Waals surface area contributed by atoms with E-state index in [1.807, 2.05) is 47.4 Å². The van der Waals surface area contributed by atoms with Crippen LogP contribution in [0, 0.1) is 11.8 Å². The molecule has 2 aliphatic rings. The third-order valence-electron chi connectivity index (χ3n) is 7.72. The van der Waals surface area contributed by atoms with Crippen LogP contribution in [0.5, 0.6) is 0 Å². The van der Waals surface area contributed by atoms with Gasteiger partial charge in [0.25, 0.3) is 0 Å². The van der Waals surface area contributed by atoms with Crippen LogP contribution in [0.3, 0.4) is 0 Å². The van der Waals surface area contributed by atoms with Crippen molar-refractivity contribution in [2.24, 2.45) is 17.0 Å². The van der Waals surface area contributed by atoms with Crippen molar-refractivity contribution in [1.29, 1.82) is 0 Å². The number of anilines is 1. The number of sulfonamides is 1. The van der Waals surface area contributed by atoms with E-state index in [0.29, 0.717) is 25.1 Å². The van der Waals surface area contributed by atoms with Gasteiger partial charge in [0.1, 0.15) is 0 Å². The summed E-state index contributed by atoms with van der Waals surface area (Å²) in [7, 11) is -3.85. The largest absolute Gasteiger partial charge is 0.352 e. The van der Waals surface area contributed by atoms with Gasteiger partial charge >= 0.3 is 0 Å². The molecule has 0 bridgehead atoms. The van der Waals surface area contributed by atoms with Gasteiger partial charge in [-0.1, -0.05) is 73.5 Å². The Kier molecular flexibility index (Phi) is 7.63. The molecule has 1 aliphatic heterocycles. The Morgan fingerprint density at radius 3 is 2.32 bits per heavy atom. The average molecular weight is 532 g/mol. The summed E-state index contributed by atoms with van der Waals surface area (Å²) in [6.45, 7) is 1.03. The highest BCUT2D eigenvalue weighted by atomic mass is 32.2. The lowest BCUT2D eigenvalue weighted by molar-refractivity contribution is -0.135. The zero-order valence-electron chi connectivity index (χ0n) is 21.3. The zero-order chi connectivity index (χ0) is 26.7.